The van der Waals surface area contributed by atoms with Crippen molar-refractivity contribution in [2.24, 2.45) is 51.8 Å². The molecule has 176 valence electrons. The topological polar surface area (TPSA) is 20.2 Å². The number of rotatable bonds is 6. The summed E-state index contributed by atoms with van der Waals surface area (Å²) in [5, 5.41) is 10.3. The van der Waals surface area contributed by atoms with E-state index in [2.05, 4.69) is 60.3 Å². The van der Waals surface area contributed by atoms with Crippen LogP contribution in [0.2, 0.25) is 0 Å². The van der Waals surface area contributed by atoms with E-state index in [1.165, 1.54) is 51.4 Å². The van der Waals surface area contributed by atoms with Gasteiger partial charge in [-0.1, -0.05) is 59.3 Å². The fraction of sp³-hybridized carbons (Fsp3) is 0.867. The molecule has 0 bridgehead atoms. The van der Waals surface area contributed by atoms with Crippen LogP contribution in [-0.4, -0.2) is 11.2 Å². The van der Waals surface area contributed by atoms with Gasteiger partial charge in [-0.15, -0.1) is 6.58 Å². The molecule has 4 aliphatic carbocycles. The van der Waals surface area contributed by atoms with Crippen LogP contribution in [0.25, 0.3) is 0 Å². The number of fused-ring (bicyclic) bond motifs is 5. The van der Waals surface area contributed by atoms with Crippen LogP contribution in [-0.2, 0) is 0 Å². The molecule has 0 aliphatic heterocycles. The van der Waals surface area contributed by atoms with Gasteiger partial charge in [0.15, 0.2) is 0 Å². The van der Waals surface area contributed by atoms with E-state index in [9.17, 15) is 5.11 Å². The summed E-state index contributed by atoms with van der Waals surface area (Å²) in [6.45, 7) is 19.1. The van der Waals surface area contributed by atoms with Crippen molar-refractivity contribution in [1.29, 1.82) is 0 Å². The molecule has 0 saturated heterocycles. The van der Waals surface area contributed by atoms with Gasteiger partial charge in [0.1, 0.15) is 0 Å². The third-order valence-electron chi connectivity index (χ3n) is 11.8. The largest absolute Gasteiger partial charge is 0.393 e. The molecular formula is C30H50O. The molecule has 9 atom stereocenters. The minimum atomic E-state index is -0.0893. The first kappa shape index (κ1) is 23.6. The van der Waals surface area contributed by atoms with E-state index in [1.807, 2.05) is 0 Å². The van der Waals surface area contributed by atoms with E-state index >= 15 is 0 Å². The minimum Gasteiger partial charge on any atom is -0.393 e. The third kappa shape index (κ3) is 3.79. The van der Waals surface area contributed by atoms with Crippen LogP contribution in [0.1, 0.15) is 106 Å². The monoisotopic (exact) mass is 426 g/mol. The highest BCUT2D eigenvalue weighted by molar-refractivity contribution is 5.25. The highest BCUT2D eigenvalue weighted by Gasteiger charge is 2.59. The number of hydrogen-bond donors (Lipinski definition) is 1. The van der Waals surface area contributed by atoms with Crippen molar-refractivity contribution in [2.75, 3.05) is 0 Å². The Bertz CT molecular complexity index is 705. The van der Waals surface area contributed by atoms with E-state index in [-0.39, 0.29) is 11.5 Å². The lowest BCUT2D eigenvalue weighted by Gasteiger charge is -2.58. The number of aliphatic hydroxyl groups excluding tert-OH is 1. The zero-order chi connectivity index (χ0) is 22.6. The Morgan fingerprint density at radius 1 is 1.13 bits per heavy atom. The molecule has 0 aromatic rings. The van der Waals surface area contributed by atoms with Crippen molar-refractivity contribution in [3.8, 4) is 0 Å². The summed E-state index contributed by atoms with van der Waals surface area (Å²) in [7, 11) is 0. The lowest BCUT2D eigenvalue weighted by Crippen LogP contribution is -2.50. The second kappa shape index (κ2) is 8.34. The molecule has 0 radical (unpaired) electrons. The van der Waals surface area contributed by atoms with E-state index in [1.54, 1.807) is 5.57 Å². The van der Waals surface area contributed by atoms with Gasteiger partial charge in [0.25, 0.3) is 0 Å². The van der Waals surface area contributed by atoms with Gasteiger partial charge in [-0.3, -0.25) is 0 Å². The van der Waals surface area contributed by atoms with Crippen LogP contribution in [0.15, 0.2) is 24.3 Å². The molecule has 1 N–H and O–H groups in total. The van der Waals surface area contributed by atoms with Crippen molar-refractivity contribution in [2.45, 2.75) is 112 Å². The first-order valence-electron chi connectivity index (χ1n) is 13.6. The molecule has 0 heterocycles. The van der Waals surface area contributed by atoms with Gasteiger partial charge in [0, 0.05) is 0 Å². The number of allylic oxidation sites excluding steroid dienone is 2. The second-order valence-corrected chi connectivity index (χ2v) is 13.3. The average Bonchev–Trinajstić information content (AvgIpc) is 3.09. The molecule has 1 unspecified atom stereocenters. The molecule has 0 amide bonds. The smallest absolute Gasteiger partial charge is 0.0577 e. The Morgan fingerprint density at radius 2 is 1.87 bits per heavy atom. The number of aliphatic hydroxyl groups is 1. The second-order valence-electron chi connectivity index (χ2n) is 13.3. The van der Waals surface area contributed by atoms with Gasteiger partial charge in [-0.05, 0) is 116 Å². The van der Waals surface area contributed by atoms with E-state index in [0.29, 0.717) is 16.7 Å². The Balaban J connectivity index is 1.49. The first-order chi connectivity index (χ1) is 14.5. The Labute approximate surface area is 193 Å². The molecule has 1 nitrogen and oxygen atoms in total. The predicted molar refractivity (Wildman–Crippen MR) is 133 cm³/mol. The van der Waals surface area contributed by atoms with Crippen molar-refractivity contribution >= 4 is 0 Å². The molecule has 1 heteroatoms. The minimum absolute atomic E-state index is 0.0893. The maximum absolute atomic E-state index is 10.3. The molecule has 0 aromatic heterocycles. The van der Waals surface area contributed by atoms with E-state index in [0.717, 1.165) is 42.4 Å². The summed E-state index contributed by atoms with van der Waals surface area (Å²) in [5.41, 5.74) is 2.79. The Hall–Kier alpha value is -0.560. The van der Waals surface area contributed by atoms with Crippen LogP contribution in [0.4, 0.5) is 0 Å². The lowest BCUT2D eigenvalue weighted by atomic mass is 9.47. The summed E-state index contributed by atoms with van der Waals surface area (Å²) in [6.07, 6.45) is 17.6. The van der Waals surface area contributed by atoms with Gasteiger partial charge in [-0.25, -0.2) is 0 Å². The quantitative estimate of drug-likeness (QED) is 0.424. The molecule has 3 fully saturated rings. The fourth-order valence-corrected chi connectivity index (χ4v) is 8.98. The van der Waals surface area contributed by atoms with Crippen molar-refractivity contribution in [3.05, 3.63) is 24.3 Å². The Kier molecular flexibility index (Phi) is 6.35. The molecule has 3 saturated carbocycles. The summed E-state index contributed by atoms with van der Waals surface area (Å²) in [4.78, 5) is 0. The first-order valence-corrected chi connectivity index (χ1v) is 13.6. The van der Waals surface area contributed by atoms with Crippen LogP contribution in [0.3, 0.4) is 0 Å². The highest BCUT2D eigenvalue weighted by atomic mass is 16.3. The zero-order valence-electron chi connectivity index (χ0n) is 21.4. The van der Waals surface area contributed by atoms with Crippen molar-refractivity contribution in [1.82, 2.24) is 0 Å². The van der Waals surface area contributed by atoms with Gasteiger partial charge in [-0.2, -0.15) is 0 Å². The van der Waals surface area contributed by atoms with Gasteiger partial charge < -0.3 is 5.11 Å². The molecule has 4 aliphatic rings. The summed E-state index contributed by atoms with van der Waals surface area (Å²) in [5.74, 6) is 5.03. The normalized spacial score (nSPS) is 45.2. The highest BCUT2D eigenvalue weighted by Crippen LogP contribution is 2.67. The van der Waals surface area contributed by atoms with Crippen LogP contribution >= 0.6 is 0 Å². The molecule has 0 aromatic carbocycles. The van der Waals surface area contributed by atoms with Gasteiger partial charge in [0.2, 0.25) is 0 Å². The predicted octanol–water partition coefficient (Wildman–Crippen LogP) is 8.19. The average molecular weight is 427 g/mol. The van der Waals surface area contributed by atoms with Crippen molar-refractivity contribution < 1.29 is 5.11 Å². The summed E-state index contributed by atoms with van der Waals surface area (Å²) < 4.78 is 0. The summed E-state index contributed by atoms with van der Waals surface area (Å²) in [6, 6.07) is 0. The molecule has 4 rings (SSSR count). The lowest BCUT2D eigenvalue weighted by molar-refractivity contribution is -0.0577. The molecule has 0 spiro atoms. The maximum Gasteiger partial charge on any atom is 0.0577 e. The van der Waals surface area contributed by atoms with E-state index in [4.69, 9.17) is 0 Å². The summed E-state index contributed by atoms with van der Waals surface area (Å²) >= 11 is 0. The van der Waals surface area contributed by atoms with Crippen LogP contribution in [0.5, 0.6) is 0 Å². The zero-order valence-corrected chi connectivity index (χ0v) is 21.4. The SMILES string of the molecule is C=CC(C)(CC[C@@H](C)[C@H]1CC[C@H]2[C@@H]3CC=C4C[C@@H](O)CC[C@]4(C)[C@H]3CC[C@]12C)C(C)C. The fourth-order valence-electron chi connectivity index (χ4n) is 8.98. The third-order valence-corrected chi connectivity index (χ3v) is 11.8. The molecule has 31 heavy (non-hydrogen) atoms. The maximum atomic E-state index is 10.3. The molecular weight excluding hydrogens is 376 g/mol. The van der Waals surface area contributed by atoms with Crippen LogP contribution < -0.4 is 0 Å². The van der Waals surface area contributed by atoms with Crippen molar-refractivity contribution in [3.63, 3.8) is 0 Å². The number of hydrogen-bond acceptors (Lipinski definition) is 1. The van der Waals surface area contributed by atoms with Gasteiger partial charge in [0.05, 0.1) is 6.10 Å². The van der Waals surface area contributed by atoms with Crippen LogP contribution in [0, 0.1) is 51.8 Å². The van der Waals surface area contributed by atoms with E-state index < -0.39 is 0 Å². The standard InChI is InChI=1S/C30H50O/c1-8-28(5,20(2)3)16-13-21(4)25-11-12-26-24-10-9-22-19-23(31)14-17-29(22,6)27(24)15-18-30(25,26)7/h8-9,20-21,23-27,31H,1,10-19H2,2-7H3/t21-,23+,24+,25-,26+,27+,28?,29+,30-/m1/s1. The van der Waals surface area contributed by atoms with Gasteiger partial charge >= 0.3 is 0 Å². The Morgan fingerprint density at radius 3 is 2.55 bits per heavy atom.